The quantitative estimate of drug-likeness (QED) is 0.280. The molecule has 0 aliphatic rings. The van der Waals surface area contributed by atoms with E-state index in [4.69, 9.17) is 0 Å². The van der Waals surface area contributed by atoms with Crippen LogP contribution in [-0.2, 0) is 0 Å². The summed E-state index contributed by atoms with van der Waals surface area (Å²) in [7, 11) is 0. The van der Waals surface area contributed by atoms with Crippen molar-refractivity contribution in [1.29, 1.82) is 0 Å². The fraction of sp³-hybridized carbons (Fsp3) is 0. The zero-order valence-electron chi connectivity index (χ0n) is 4.17. The van der Waals surface area contributed by atoms with E-state index in [2.05, 4.69) is 0 Å². The molecule has 0 saturated heterocycles. The molecule has 0 atom stereocenters. The fourth-order valence-corrected chi connectivity index (χ4v) is 0. The fourth-order valence-electron chi connectivity index (χ4n) is 0. The average molecular weight is 122 g/mol. The van der Waals surface area contributed by atoms with Crippen molar-refractivity contribution in [1.82, 2.24) is 0 Å². The summed E-state index contributed by atoms with van der Waals surface area (Å²) in [5.41, 5.74) is 0. The SMILES string of the molecule is [Cl-].[Cl-].[H-].[H-].[Mg+2].[Mg+2]. The van der Waals surface area contributed by atoms with Crippen molar-refractivity contribution in [3.8, 4) is 0 Å². The van der Waals surface area contributed by atoms with Crippen molar-refractivity contribution in [2.24, 2.45) is 0 Å². The van der Waals surface area contributed by atoms with Crippen molar-refractivity contribution < 1.29 is 27.7 Å². The van der Waals surface area contributed by atoms with E-state index in [-0.39, 0.29) is 73.8 Å². The Bertz CT molecular complexity index is 9.51. The first kappa shape index (κ1) is 35.8. The molecule has 0 fully saturated rings. The van der Waals surface area contributed by atoms with Gasteiger partial charge < -0.3 is 27.7 Å². The Morgan fingerprint density at radius 2 is 0.750 bits per heavy atom. The summed E-state index contributed by atoms with van der Waals surface area (Å²) in [5.74, 6) is 0. The van der Waals surface area contributed by atoms with Crippen molar-refractivity contribution in [3.05, 3.63) is 0 Å². The van der Waals surface area contributed by atoms with E-state index < -0.39 is 0 Å². The Hall–Kier alpha value is 2.11. The summed E-state index contributed by atoms with van der Waals surface area (Å²) >= 11 is 0. The van der Waals surface area contributed by atoms with Crippen molar-refractivity contribution in [2.75, 3.05) is 0 Å². The summed E-state index contributed by atoms with van der Waals surface area (Å²) in [4.78, 5) is 0. The predicted octanol–water partition coefficient (Wildman–Crippen LogP) is -6.53. The minimum absolute atomic E-state index is 0. The van der Waals surface area contributed by atoms with E-state index >= 15 is 0 Å². The first-order valence-electron chi connectivity index (χ1n) is 0. The molecule has 0 saturated carbocycles. The number of rotatable bonds is 0. The van der Waals surface area contributed by atoms with Crippen molar-refractivity contribution in [3.63, 3.8) is 0 Å². The van der Waals surface area contributed by atoms with Gasteiger partial charge in [0.1, 0.15) is 0 Å². The van der Waals surface area contributed by atoms with Crippen LogP contribution in [0.5, 0.6) is 0 Å². The van der Waals surface area contributed by atoms with Crippen LogP contribution in [0.2, 0.25) is 0 Å². The van der Waals surface area contributed by atoms with Crippen LogP contribution in [0.1, 0.15) is 2.85 Å². The summed E-state index contributed by atoms with van der Waals surface area (Å²) in [5, 5.41) is 0. The van der Waals surface area contributed by atoms with Crippen LogP contribution < -0.4 is 24.8 Å². The molecule has 0 radical (unpaired) electrons. The molecule has 0 bridgehead atoms. The second-order valence-electron chi connectivity index (χ2n) is 0. The minimum Gasteiger partial charge on any atom is -1.00 e. The van der Waals surface area contributed by atoms with Gasteiger partial charge in [-0.25, -0.2) is 0 Å². The first-order valence-corrected chi connectivity index (χ1v) is 0. The van der Waals surface area contributed by atoms with Crippen LogP contribution in [-0.4, -0.2) is 46.1 Å². The Balaban J connectivity index is 0. The van der Waals surface area contributed by atoms with Gasteiger partial charge in [-0.05, 0) is 0 Å². The van der Waals surface area contributed by atoms with Crippen molar-refractivity contribution >= 4 is 46.1 Å². The number of halogens is 2. The van der Waals surface area contributed by atoms with Crippen LogP contribution in [0.15, 0.2) is 0 Å². The molecule has 20 valence electrons. The molecule has 0 heterocycles. The summed E-state index contributed by atoms with van der Waals surface area (Å²) in [6, 6.07) is 0. The standard InChI is InChI=1S/2ClH.2Mg.2H/h2*1H;;;;/q;;2*+2;2*-1/p-2. The van der Waals surface area contributed by atoms with Gasteiger partial charge in [-0.15, -0.1) is 0 Å². The molecule has 0 rings (SSSR count). The topological polar surface area (TPSA) is 0 Å². The predicted molar refractivity (Wildman–Crippen MR) is 13.7 cm³/mol. The zero-order valence-corrected chi connectivity index (χ0v) is 6.51. The van der Waals surface area contributed by atoms with Gasteiger partial charge in [-0.2, -0.15) is 0 Å². The van der Waals surface area contributed by atoms with Gasteiger partial charge >= 0.3 is 46.1 Å². The third-order valence-corrected chi connectivity index (χ3v) is 0. The largest absolute Gasteiger partial charge is 2.00 e. The molecular formula is H2Cl2Mg2. The van der Waals surface area contributed by atoms with Gasteiger partial charge in [-0.1, -0.05) is 0 Å². The Labute approximate surface area is 73.2 Å². The molecule has 0 aromatic carbocycles. The Morgan fingerprint density at radius 3 is 0.750 bits per heavy atom. The Kier molecular flexibility index (Phi) is 173. The summed E-state index contributed by atoms with van der Waals surface area (Å²) in [6.45, 7) is 0. The maximum Gasteiger partial charge on any atom is 2.00 e. The molecule has 0 amide bonds. The van der Waals surface area contributed by atoms with Crippen LogP contribution in [0.4, 0.5) is 0 Å². The maximum absolute atomic E-state index is 0. The zero-order chi connectivity index (χ0) is 0. The second kappa shape index (κ2) is 19.4. The third-order valence-electron chi connectivity index (χ3n) is 0. The van der Waals surface area contributed by atoms with Crippen LogP contribution in [0.25, 0.3) is 0 Å². The molecular weight excluding hydrogens is 120 g/mol. The number of hydrogen-bond acceptors (Lipinski definition) is 0. The molecule has 0 N–H and O–H groups in total. The van der Waals surface area contributed by atoms with Crippen LogP contribution in [0.3, 0.4) is 0 Å². The van der Waals surface area contributed by atoms with E-state index in [1.54, 1.807) is 0 Å². The normalized spacial score (nSPS) is 0. The van der Waals surface area contributed by atoms with Crippen molar-refractivity contribution in [2.45, 2.75) is 0 Å². The molecule has 0 unspecified atom stereocenters. The summed E-state index contributed by atoms with van der Waals surface area (Å²) < 4.78 is 0. The molecule has 0 aliphatic carbocycles. The van der Waals surface area contributed by atoms with Gasteiger partial charge in [0.15, 0.2) is 0 Å². The molecule has 0 aromatic heterocycles. The van der Waals surface area contributed by atoms with Gasteiger partial charge in [0.25, 0.3) is 0 Å². The van der Waals surface area contributed by atoms with Gasteiger partial charge in [0, 0.05) is 0 Å². The molecule has 4 heteroatoms. The molecule has 4 heavy (non-hydrogen) atoms. The molecule has 0 aromatic rings. The Morgan fingerprint density at radius 1 is 0.750 bits per heavy atom. The smallest absolute Gasteiger partial charge is 1.00 e. The molecule has 0 nitrogen and oxygen atoms in total. The van der Waals surface area contributed by atoms with E-state index in [0.717, 1.165) is 0 Å². The van der Waals surface area contributed by atoms with Crippen LogP contribution in [0, 0.1) is 0 Å². The van der Waals surface area contributed by atoms with Gasteiger partial charge in [0.05, 0.1) is 0 Å². The van der Waals surface area contributed by atoms with Gasteiger partial charge in [0.2, 0.25) is 0 Å². The van der Waals surface area contributed by atoms with E-state index in [0.29, 0.717) is 0 Å². The minimum atomic E-state index is 0. The first-order chi connectivity index (χ1) is 0. The van der Waals surface area contributed by atoms with E-state index in [1.807, 2.05) is 0 Å². The number of hydrogen-bond donors (Lipinski definition) is 0. The molecule has 0 spiro atoms. The van der Waals surface area contributed by atoms with E-state index in [9.17, 15) is 0 Å². The van der Waals surface area contributed by atoms with Gasteiger partial charge in [-0.3, -0.25) is 0 Å². The maximum atomic E-state index is 0. The second-order valence-corrected chi connectivity index (χ2v) is 0. The monoisotopic (exact) mass is 120 g/mol. The molecule has 0 aliphatic heterocycles. The average Bonchev–Trinajstić information content (AvgIpc) is 0. The summed E-state index contributed by atoms with van der Waals surface area (Å²) in [6.07, 6.45) is 0. The van der Waals surface area contributed by atoms with Crippen LogP contribution >= 0.6 is 0 Å². The van der Waals surface area contributed by atoms with E-state index in [1.165, 1.54) is 0 Å². The third kappa shape index (κ3) is 8.93.